The van der Waals surface area contributed by atoms with Gasteiger partial charge in [0.1, 0.15) is 5.75 Å². The third-order valence-corrected chi connectivity index (χ3v) is 4.32. The number of hydrogen-bond acceptors (Lipinski definition) is 3. The largest absolute Gasteiger partial charge is 0.496 e. The normalized spacial score (nSPS) is 18.2. The predicted octanol–water partition coefficient (Wildman–Crippen LogP) is 3.05. The first kappa shape index (κ1) is 15.3. The Morgan fingerprint density at radius 3 is 2.60 bits per heavy atom. The lowest BCUT2D eigenvalue weighted by atomic mass is 9.73. The lowest BCUT2D eigenvalue weighted by Crippen LogP contribution is -2.44. The summed E-state index contributed by atoms with van der Waals surface area (Å²) in [4.78, 5) is 0. The second-order valence-electron chi connectivity index (χ2n) is 6.11. The van der Waals surface area contributed by atoms with Gasteiger partial charge < -0.3 is 14.8 Å². The quantitative estimate of drug-likeness (QED) is 0.897. The summed E-state index contributed by atoms with van der Waals surface area (Å²) in [5.74, 6) is 0.984. The Balaban J connectivity index is 2.30. The monoisotopic (exact) mass is 277 g/mol. The van der Waals surface area contributed by atoms with Crippen molar-refractivity contribution in [2.75, 3.05) is 26.9 Å². The van der Waals surface area contributed by atoms with Crippen LogP contribution in [0.3, 0.4) is 0 Å². The van der Waals surface area contributed by atoms with Crippen molar-refractivity contribution in [1.82, 2.24) is 5.32 Å². The highest BCUT2D eigenvalue weighted by atomic mass is 16.5. The summed E-state index contributed by atoms with van der Waals surface area (Å²) in [6.07, 6.45) is 2.14. The molecule has 0 bridgehead atoms. The fourth-order valence-corrected chi connectivity index (χ4v) is 2.88. The van der Waals surface area contributed by atoms with Gasteiger partial charge in [-0.3, -0.25) is 0 Å². The minimum absolute atomic E-state index is 0.170. The lowest BCUT2D eigenvalue weighted by molar-refractivity contribution is 0.0491. The Morgan fingerprint density at radius 2 is 2.00 bits per heavy atom. The molecule has 0 aromatic heterocycles. The van der Waals surface area contributed by atoms with Crippen molar-refractivity contribution in [2.45, 2.75) is 45.1 Å². The highest BCUT2D eigenvalue weighted by molar-refractivity contribution is 5.40. The minimum Gasteiger partial charge on any atom is -0.496 e. The van der Waals surface area contributed by atoms with E-state index in [9.17, 15) is 0 Å². The van der Waals surface area contributed by atoms with Crippen LogP contribution >= 0.6 is 0 Å². The lowest BCUT2D eigenvalue weighted by Gasteiger charge is -2.39. The van der Waals surface area contributed by atoms with E-state index in [1.165, 1.54) is 11.1 Å². The number of rotatable bonds is 5. The van der Waals surface area contributed by atoms with E-state index in [0.717, 1.165) is 38.3 Å². The van der Waals surface area contributed by atoms with E-state index in [4.69, 9.17) is 9.47 Å². The van der Waals surface area contributed by atoms with Gasteiger partial charge in [-0.25, -0.2) is 0 Å². The first-order valence-electron chi connectivity index (χ1n) is 7.54. The van der Waals surface area contributed by atoms with Crippen LogP contribution in [0.5, 0.6) is 5.75 Å². The molecule has 112 valence electrons. The summed E-state index contributed by atoms with van der Waals surface area (Å²) in [7, 11) is 1.75. The molecule has 1 saturated heterocycles. The zero-order chi connectivity index (χ0) is 14.6. The van der Waals surface area contributed by atoms with Crippen LogP contribution in [-0.2, 0) is 10.2 Å². The van der Waals surface area contributed by atoms with E-state index in [2.05, 4.69) is 44.3 Å². The Morgan fingerprint density at radius 1 is 1.30 bits per heavy atom. The summed E-state index contributed by atoms with van der Waals surface area (Å²) in [6.45, 7) is 9.17. The molecule has 20 heavy (non-hydrogen) atoms. The molecule has 1 aromatic rings. The standard InChI is InChI=1S/C17H27NO2/c1-13(2)18-12-17(7-9-20-10-8-17)15-6-5-14(3)16(11-15)19-4/h5-6,11,13,18H,7-10,12H2,1-4H3. The minimum atomic E-state index is 0.170. The number of ether oxygens (including phenoxy) is 2. The molecule has 0 radical (unpaired) electrons. The number of methoxy groups -OCH3 is 1. The second-order valence-corrected chi connectivity index (χ2v) is 6.11. The van der Waals surface area contributed by atoms with Gasteiger partial charge in [-0.05, 0) is 37.0 Å². The Hall–Kier alpha value is -1.06. The van der Waals surface area contributed by atoms with Gasteiger partial charge in [0.15, 0.2) is 0 Å². The Kier molecular flexibility index (Phi) is 5.06. The van der Waals surface area contributed by atoms with E-state index < -0.39 is 0 Å². The van der Waals surface area contributed by atoms with Gasteiger partial charge in [0, 0.05) is 31.2 Å². The van der Waals surface area contributed by atoms with E-state index in [1.54, 1.807) is 7.11 Å². The first-order chi connectivity index (χ1) is 9.57. The highest BCUT2D eigenvalue weighted by Crippen LogP contribution is 2.36. The maximum atomic E-state index is 5.57. The molecule has 1 N–H and O–H groups in total. The molecule has 2 rings (SSSR count). The van der Waals surface area contributed by atoms with Crippen LogP contribution in [0, 0.1) is 6.92 Å². The smallest absolute Gasteiger partial charge is 0.122 e. The molecule has 1 fully saturated rings. The fraction of sp³-hybridized carbons (Fsp3) is 0.647. The van der Waals surface area contributed by atoms with Crippen molar-refractivity contribution in [1.29, 1.82) is 0 Å². The first-order valence-corrected chi connectivity index (χ1v) is 7.54. The van der Waals surface area contributed by atoms with E-state index in [1.807, 2.05) is 0 Å². The van der Waals surface area contributed by atoms with Crippen LogP contribution in [0.1, 0.15) is 37.8 Å². The zero-order valence-corrected chi connectivity index (χ0v) is 13.2. The summed E-state index contributed by atoms with van der Waals surface area (Å²) in [5.41, 5.74) is 2.73. The second kappa shape index (κ2) is 6.59. The predicted molar refractivity (Wildman–Crippen MR) is 82.6 cm³/mol. The molecule has 3 heteroatoms. The van der Waals surface area contributed by atoms with Crippen molar-refractivity contribution in [3.05, 3.63) is 29.3 Å². The van der Waals surface area contributed by atoms with Crippen LogP contribution < -0.4 is 10.1 Å². The van der Waals surface area contributed by atoms with Gasteiger partial charge in [0.25, 0.3) is 0 Å². The van der Waals surface area contributed by atoms with Crippen LogP contribution in [-0.4, -0.2) is 32.9 Å². The maximum Gasteiger partial charge on any atom is 0.122 e. The maximum absolute atomic E-state index is 5.57. The molecular weight excluding hydrogens is 250 g/mol. The van der Waals surface area contributed by atoms with Crippen molar-refractivity contribution < 1.29 is 9.47 Å². The van der Waals surface area contributed by atoms with Gasteiger partial charge >= 0.3 is 0 Å². The van der Waals surface area contributed by atoms with Crippen LogP contribution in [0.2, 0.25) is 0 Å². The van der Waals surface area contributed by atoms with Crippen molar-refractivity contribution in [3.63, 3.8) is 0 Å². The van der Waals surface area contributed by atoms with Crippen molar-refractivity contribution in [3.8, 4) is 5.75 Å². The molecule has 0 aliphatic carbocycles. The highest BCUT2D eigenvalue weighted by Gasteiger charge is 2.34. The average molecular weight is 277 g/mol. The Bertz CT molecular complexity index is 437. The molecule has 0 saturated carbocycles. The summed E-state index contributed by atoms with van der Waals surface area (Å²) >= 11 is 0. The molecule has 1 aliphatic heterocycles. The van der Waals surface area contributed by atoms with Gasteiger partial charge in [-0.2, -0.15) is 0 Å². The van der Waals surface area contributed by atoms with Crippen LogP contribution in [0.15, 0.2) is 18.2 Å². The molecule has 1 aliphatic rings. The average Bonchev–Trinajstić information content (AvgIpc) is 2.46. The summed E-state index contributed by atoms with van der Waals surface area (Å²) in [5, 5.41) is 3.61. The SMILES string of the molecule is COc1cc(C2(CNC(C)C)CCOCC2)ccc1C. The molecule has 0 unspecified atom stereocenters. The topological polar surface area (TPSA) is 30.5 Å². The van der Waals surface area contributed by atoms with Gasteiger partial charge in [-0.15, -0.1) is 0 Å². The van der Waals surface area contributed by atoms with Gasteiger partial charge in [-0.1, -0.05) is 26.0 Å². The van der Waals surface area contributed by atoms with Gasteiger partial charge in [0.05, 0.1) is 7.11 Å². The molecule has 1 heterocycles. The number of benzene rings is 1. The molecular formula is C17H27NO2. The molecule has 1 aromatic carbocycles. The molecule has 0 spiro atoms. The number of aryl methyl sites for hydroxylation is 1. The Labute approximate surface area is 122 Å². The summed E-state index contributed by atoms with van der Waals surface area (Å²) in [6, 6.07) is 7.14. The summed E-state index contributed by atoms with van der Waals surface area (Å²) < 4.78 is 11.1. The zero-order valence-electron chi connectivity index (χ0n) is 13.2. The van der Waals surface area contributed by atoms with Crippen LogP contribution in [0.25, 0.3) is 0 Å². The molecule has 3 nitrogen and oxygen atoms in total. The molecule has 0 amide bonds. The molecule has 0 atom stereocenters. The van der Waals surface area contributed by atoms with Crippen molar-refractivity contribution in [2.24, 2.45) is 0 Å². The third-order valence-electron chi connectivity index (χ3n) is 4.32. The fourth-order valence-electron chi connectivity index (χ4n) is 2.88. The van der Waals surface area contributed by atoms with Crippen molar-refractivity contribution >= 4 is 0 Å². The van der Waals surface area contributed by atoms with E-state index in [-0.39, 0.29) is 5.41 Å². The van der Waals surface area contributed by atoms with Crippen LogP contribution in [0.4, 0.5) is 0 Å². The number of nitrogens with one attached hydrogen (secondary N) is 1. The number of hydrogen-bond donors (Lipinski definition) is 1. The van der Waals surface area contributed by atoms with Gasteiger partial charge in [0.2, 0.25) is 0 Å². The van der Waals surface area contributed by atoms with E-state index in [0.29, 0.717) is 6.04 Å². The van der Waals surface area contributed by atoms with E-state index >= 15 is 0 Å². The third kappa shape index (κ3) is 3.33.